The normalized spacial score (nSPS) is 15.7. The van der Waals surface area contributed by atoms with E-state index in [2.05, 4.69) is 10.3 Å². The van der Waals surface area contributed by atoms with Gasteiger partial charge in [-0.25, -0.2) is 9.18 Å². The number of halogens is 1. The molecule has 1 heterocycles. The summed E-state index contributed by atoms with van der Waals surface area (Å²) in [4.78, 5) is 44.2. The Morgan fingerprint density at radius 1 is 1.20 bits per heavy atom. The third-order valence-corrected chi connectivity index (χ3v) is 4.72. The molecule has 0 spiro atoms. The highest BCUT2D eigenvalue weighted by molar-refractivity contribution is 6.14. The molecule has 156 valence electrons. The number of benzodiazepines with no additional fused rings is 1. The molecule has 0 aliphatic carbocycles. The van der Waals surface area contributed by atoms with Crippen LogP contribution in [0.1, 0.15) is 19.4 Å². The van der Waals surface area contributed by atoms with Crippen molar-refractivity contribution in [1.82, 2.24) is 5.32 Å². The molecule has 2 aromatic carbocycles. The van der Waals surface area contributed by atoms with Crippen molar-refractivity contribution in [2.45, 2.75) is 20.0 Å². The monoisotopic (exact) mass is 412 g/mol. The number of nitrogens with zero attached hydrogens (tertiary/aromatic N) is 3. The van der Waals surface area contributed by atoms with Crippen LogP contribution in [0.2, 0.25) is 0 Å². The zero-order valence-electron chi connectivity index (χ0n) is 16.5. The van der Waals surface area contributed by atoms with Crippen molar-refractivity contribution in [3.05, 3.63) is 59.9 Å². The molecule has 0 fully saturated rings. The van der Waals surface area contributed by atoms with Crippen LogP contribution < -0.4 is 15.1 Å². The average molecular weight is 412 g/mol. The van der Waals surface area contributed by atoms with E-state index in [1.807, 2.05) is 0 Å². The van der Waals surface area contributed by atoms with Gasteiger partial charge in [-0.15, -0.1) is 0 Å². The molecule has 1 aliphatic heterocycles. The molecule has 0 saturated heterocycles. The molecule has 2 N–H and O–H groups in total. The fraction of sp³-hybridized carbons (Fsp3) is 0.238. The van der Waals surface area contributed by atoms with Crippen molar-refractivity contribution in [3.8, 4) is 0 Å². The number of hydrogen-bond acceptors (Lipinski definition) is 4. The van der Waals surface area contributed by atoms with E-state index in [1.54, 1.807) is 38.1 Å². The summed E-state index contributed by atoms with van der Waals surface area (Å²) in [6, 6.07) is 12.4. The molecule has 0 saturated carbocycles. The van der Waals surface area contributed by atoms with Gasteiger partial charge in [0.1, 0.15) is 12.4 Å². The molecule has 2 aromatic rings. The summed E-state index contributed by atoms with van der Waals surface area (Å²) in [5.74, 6) is -1.49. The van der Waals surface area contributed by atoms with Crippen LogP contribution in [-0.2, 0) is 9.59 Å². The fourth-order valence-corrected chi connectivity index (χ4v) is 3.32. The van der Waals surface area contributed by atoms with Gasteiger partial charge in [0.15, 0.2) is 0 Å². The van der Waals surface area contributed by atoms with Crippen molar-refractivity contribution >= 4 is 35.0 Å². The minimum atomic E-state index is -1.40. The highest BCUT2D eigenvalue weighted by Crippen LogP contribution is 2.26. The highest BCUT2D eigenvalue weighted by Gasteiger charge is 2.33. The minimum absolute atomic E-state index is 0.306. The Hall–Kier alpha value is -3.75. The molecule has 1 aliphatic rings. The first-order chi connectivity index (χ1) is 14.3. The van der Waals surface area contributed by atoms with Crippen molar-refractivity contribution in [3.63, 3.8) is 0 Å². The Balaban J connectivity index is 1.96. The van der Waals surface area contributed by atoms with Gasteiger partial charge >= 0.3 is 6.09 Å². The lowest BCUT2D eigenvalue weighted by Gasteiger charge is -2.28. The predicted molar refractivity (Wildman–Crippen MR) is 110 cm³/mol. The summed E-state index contributed by atoms with van der Waals surface area (Å²) >= 11 is 0. The number of aliphatic imine (C=N–C) groups is 1. The van der Waals surface area contributed by atoms with Crippen LogP contribution in [0.3, 0.4) is 0 Å². The number of hydrogen-bond donors (Lipinski definition) is 2. The van der Waals surface area contributed by atoms with Crippen LogP contribution in [0.4, 0.5) is 20.6 Å². The zero-order chi connectivity index (χ0) is 21.8. The lowest BCUT2D eigenvalue weighted by molar-refractivity contribution is -0.123. The van der Waals surface area contributed by atoms with E-state index in [9.17, 15) is 18.8 Å². The van der Waals surface area contributed by atoms with Crippen LogP contribution in [0.25, 0.3) is 0 Å². The fourth-order valence-electron chi connectivity index (χ4n) is 3.32. The smallest absolute Gasteiger partial charge is 0.406 e. The summed E-state index contributed by atoms with van der Waals surface area (Å²) in [5.41, 5.74) is 2.05. The van der Waals surface area contributed by atoms with Crippen molar-refractivity contribution in [2.24, 2.45) is 4.99 Å². The van der Waals surface area contributed by atoms with Crippen LogP contribution >= 0.6 is 0 Å². The standard InChI is InChI=1S/C21H21FN4O4/c1-3-25(15-10-8-14(22)9-11-15)18(27)12-26-17-7-5-4-6-16(17)13(2)23-19(20(26)28)24-21(29)30/h4-11,19,24H,3,12H2,1-2H3,(H,29,30). The SMILES string of the molecule is CCN(C(=O)CN1C(=O)C(NC(=O)O)N=C(C)c2ccccc21)c1ccc(F)cc1. The molecule has 0 radical (unpaired) electrons. The third kappa shape index (κ3) is 4.29. The van der Waals surface area contributed by atoms with Gasteiger partial charge in [0, 0.05) is 23.5 Å². The number of rotatable bonds is 5. The number of benzene rings is 2. The van der Waals surface area contributed by atoms with E-state index in [0.29, 0.717) is 29.2 Å². The first-order valence-corrected chi connectivity index (χ1v) is 9.32. The van der Waals surface area contributed by atoms with Gasteiger partial charge in [-0.1, -0.05) is 18.2 Å². The van der Waals surface area contributed by atoms with E-state index in [0.717, 1.165) is 0 Å². The maximum Gasteiger partial charge on any atom is 0.406 e. The Labute approximate surface area is 172 Å². The van der Waals surface area contributed by atoms with Gasteiger partial charge in [0.05, 0.1) is 5.69 Å². The van der Waals surface area contributed by atoms with Gasteiger partial charge in [0.2, 0.25) is 12.1 Å². The molecule has 1 unspecified atom stereocenters. The first-order valence-electron chi connectivity index (χ1n) is 9.32. The molecular formula is C21H21FN4O4. The average Bonchev–Trinajstić information content (AvgIpc) is 2.80. The van der Waals surface area contributed by atoms with E-state index in [1.165, 1.54) is 34.1 Å². The van der Waals surface area contributed by atoms with Gasteiger partial charge in [-0.2, -0.15) is 0 Å². The van der Waals surface area contributed by atoms with Crippen LogP contribution in [0, 0.1) is 5.82 Å². The van der Waals surface area contributed by atoms with Crippen LogP contribution in [-0.4, -0.2) is 48.0 Å². The number of carbonyl (C=O) groups excluding carboxylic acids is 2. The maximum absolute atomic E-state index is 13.2. The summed E-state index contributed by atoms with van der Waals surface area (Å²) in [5, 5.41) is 11.2. The molecule has 0 bridgehead atoms. The summed E-state index contributed by atoms with van der Waals surface area (Å²) in [6.45, 7) is 3.41. The second-order valence-electron chi connectivity index (χ2n) is 6.62. The Kier molecular flexibility index (Phi) is 6.10. The second kappa shape index (κ2) is 8.73. The number of fused-ring (bicyclic) bond motifs is 1. The van der Waals surface area contributed by atoms with Gasteiger partial charge in [-0.3, -0.25) is 24.8 Å². The molecular weight excluding hydrogens is 391 g/mol. The topological polar surface area (TPSA) is 102 Å². The van der Waals surface area contributed by atoms with E-state index >= 15 is 0 Å². The molecule has 3 amide bonds. The van der Waals surface area contributed by atoms with Crippen molar-refractivity contribution in [2.75, 3.05) is 22.9 Å². The number of para-hydroxylation sites is 1. The summed E-state index contributed by atoms with van der Waals surface area (Å²) in [6.07, 6.45) is -2.77. The van der Waals surface area contributed by atoms with Crippen molar-refractivity contribution < 1.29 is 23.9 Å². The van der Waals surface area contributed by atoms with Gasteiger partial charge in [-0.05, 0) is 44.2 Å². The lowest BCUT2D eigenvalue weighted by atomic mass is 10.1. The van der Waals surface area contributed by atoms with Crippen LogP contribution in [0.5, 0.6) is 0 Å². The molecule has 0 aromatic heterocycles. The lowest BCUT2D eigenvalue weighted by Crippen LogP contribution is -2.50. The maximum atomic E-state index is 13.2. The van der Waals surface area contributed by atoms with E-state index in [-0.39, 0.29) is 6.54 Å². The second-order valence-corrected chi connectivity index (χ2v) is 6.62. The number of anilines is 2. The molecule has 9 heteroatoms. The Bertz CT molecular complexity index is 1010. The van der Waals surface area contributed by atoms with Gasteiger partial charge in [0.25, 0.3) is 5.91 Å². The number of carboxylic acid groups (broad SMARTS) is 1. The van der Waals surface area contributed by atoms with E-state index < -0.39 is 29.9 Å². The number of amides is 3. The Morgan fingerprint density at radius 3 is 2.50 bits per heavy atom. The highest BCUT2D eigenvalue weighted by atomic mass is 19.1. The molecule has 30 heavy (non-hydrogen) atoms. The van der Waals surface area contributed by atoms with E-state index in [4.69, 9.17) is 5.11 Å². The largest absolute Gasteiger partial charge is 0.465 e. The van der Waals surface area contributed by atoms with Crippen molar-refractivity contribution in [1.29, 1.82) is 0 Å². The number of likely N-dealkylation sites (N-methyl/N-ethyl adjacent to an activating group) is 1. The summed E-state index contributed by atoms with van der Waals surface area (Å²) < 4.78 is 13.2. The Morgan fingerprint density at radius 2 is 1.87 bits per heavy atom. The molecule has 1 atom stereocenters. The van der Waals surface area contributed by atoms with Gasteiger partial charge < -0.3 is 10.0 Å². The quantitative estimate of drug-likeness (QED) is 0.788. The zero-order valence-corrected chi connectivity index (χ0v) is 16.5. The predicted octanol–water partition coefficient (Wildman–Crippen LogP) is 2.63. The summed E-state index contributed by atoms with van der Waals surface area (Å²) in [7, 11) is 0. The first kappa shape index (κ1) is 21.0. The van der Waals surface area contributed by atoms with Crippen LogP contribution in [0.15, 0.2) is 53.5 Å². The molecule has 8 nitrogen and oxygen atoms in total. The minimum Gasteiger partial charge on any atom is -0.465 e. The number of nitrogens with one attached hydrogen (secondary N) is 1. The molecule has 3 rings (SSSR count). The number of carbonyl (C=O) groups is 3. The third-order valence-electron chi connectivity index (χ3n) is 4.72.